The van der Waals surface area contributed by atoms with Crippen molar-refractivity contribution in [2.75, 3.05) is 0 Å². The Bertz CT molecular complexity index is 753. The molecule has 21 heavy (non-hydrogen) atoms. The molecular formula is C20H19P. The molecule has 0 amide bonds. The van der Waals surface area contributed by atoms with Gasteiger partial charge in [-0.05, 0) is 53.0 Å². The second kappa shape index (κ2) is 5.84. The first-order chi connectivity index (χ1) is 10.1. The minimum atomic E-state index is 1.21. The molecule has 1 atom stereocenters. The van der Waals surface area contributed by atoms with E-state index in [1.807, 2.05) is 0 Å². The van der Waals surface area contributed by atoms with Gasteiger partial charge in [-0.3, -0.25) is 0 Å². The maximum atomic E-state index is 2.73. The lowest BCUT2D eigenvalue weighted by Crippen LogP contribution is -1.89. The molecule has 3 aromatic carbocycles. The minimum Gasteiger partial charge on any atom is -0.106 e. The zero-order chi connectivity index (χ0) is 14.8. The van der Waals surface area contributed by atoms with Gasteiger partial charge in [0.15, 0.2) is 0 Å². The molecule has 1 unspecified atom stereocenters. The van der Waals surface area contributed by atoms with E-state index in [1.165, 1.54) is 38.7 Å². The van der Waals surface area contributed by atoms with E-state index in [9.17, 15) is 0 Å². The summed E-state index contributed by atoms with van der Waals surface area (Å²) in [6.45, 7) is 4.29. The lowest BCUT2D eigenvalue weighted by molar-refractivity contribution is 1.43. The summed E-state index contributed by atoms with van der Waals surface area (Å²) >= 11 is 0. The molecule has 0 heterocycles. The fourth-order valence-electron chi connectivity index (χ4n) is 2.52. The maximum absolute atomic E-state index is 2.73. The van der Waals surface area contributed by atoms with Gasteiger partial charge < -0.3 is 0 Å². The van der Waals surface area contributed by atoms with Crippen LogP contribution in [0.1, 0.15) is 11.1 Å². The van der Waals surface area contributed by atoms with Crippen LogP contribution in [0.25, 0.3) is 22.3 Å². The highest BCUT2D eigenvalue weighted by Gasteiger charge is 2.05. The first-order valence-electron chi connectivity index (χ1n) is 7.17. The van der Waals surface area contributed by atoms with Gasteiger partial charge in [0.25, 0.3) is 0 Å². The van der Waals surface area contributed by atoms with E-state index in [2.05, 4.69) is 89.8 Å². The quantitative estimate of drug-likeness (QED) is 0.573. The molecule has 0 bridgehead atoms. The van der Waals surface area contributed by atoms with Crippen molar-refractivity contribution in [1.29, 1.82) is 0 Å². The summed E-state index contributed by atoms with van der Waals surface area (Å²) in [5.74, 6) is 0. The molecule has 3 rings (SSSR count). The first kappa shape index (κ1) is 14.0. The van der Waals surface area contributed by atoms with Crippen molar-refractivity contribution in [1.82, 2.24) is 0 Å². The molecule has 0 radical (unpaired) electrons. The van der Waals surface area contributed by atoms with Crippen LogP contribution < -0.4 is 5.30 Å². The molecule has 0 aliphatic heterocycles. The summed E-state index contributed by atoms with van der Waals surface area (Å²) in [4.78, 5) is 0. The highest BCUT2D eigenvalue weighted by atomic mass is 31.0. The Morgan fingerprint density at radius 1 is 0.619 bits per heavy atom. The fourth-order valence-corrected chi connectivity index (χ4v) is 2.71. The topological polar surface area (TPSA) is 0 Å². The van der Waals surface area contributed by atoms with Gasteiger partial charge in [0.2, 0.25) is 0 Å². The van der Waals surface area contributed by atoms with Crippen molar-refractivity contribution in [2.45, 2.75) is 13.8 Å². The largest absolute Gasteiger partial charge is 0.106 e. The van der Waals surface area contributed by atoms with E-state index in [-0.39, 0.29) is 0 Å². The lowest BCUT2D eigenvalue weighted by atomic mass is 9.95. The average Bonchev–Trinajstić information content (AvgIpc) is 2.50. The van der Waals surface area contributed by atoms with Gasteiger partial charge in [-0.1, -0.05) is 66.2 Å². The number of benzene rings is 3. The molecule has 0 aliphatic rings. The van der Waals surface area contributed by atoms with Gasteiger partial charge in [-0.15, -0.1) is 9.24 Å². The standard InChI is InChI=1S/C20H19P/c1-14-3-6-17(7-4-14)20-13-18(8-5-15(20)2)16-9-11-19(21)12-10-16/h3-13H,21H2,1-2H3. The summed E-state index contributed by atoms with van der Waals surface area (Å²) in [6, 6.07) is 24.0. The molecule has 1 heteroatoms. The number of hydrogen-bond donors (Lipinski definition) is 0. The zero-order valence-electron chi connectivity index (χ0n) is 12.4. The van der Waals surface area contributed by atoms with E-state index in [1.54, 1.807) is 0 Å². The molecule has 0 aliphatic carbocycles. The highest BCUT2D eigenvalue weighted by Crippen LogP contribution is 2.29. The summed E-state index contributed by atoms with van der Waals surface area (Å²) in [5, 5.41) is 1.21. The molecule has 3 aromatic rings. The Hall–Kier alpha value is -1.91. The molecule has 0 fully saturated rings. The molecule has 0 nitrogen and oxygen atoms in total. The molecule has 104 valence electrons. The third-order valence-electron chi connectivity index (χ3n) is 3.84. The van der Waals surface area contributed by atoms with Gasteiger partial charge in [-0.25, -0.2) is 0 Å². The number of hydrogen-bond acceptors (Lipinski definition) is 0. The van der Waals surface area contributed by atoms with E-state index in [0.717, 1.165) is 0 Å². The van der Waals surface area contributed by atoms with Gasteiger partial charge in [-0.2, -0.15) is 0 Å². The smallest absolute Gasteiger partial charge is 0.0149 e. The van der Waals surface area contributed by atoms with Crippen LogP contribution in [0, 0.1) is 13.8 Å². The molecule has 0 saturated carbocycles. The number of aryl methyl sites for hydroxylation is 2. The van der Waals surface area contributed by atoms with Gasteiger partial charge in [0, 0.05) is 0 Å². The third kappa shape index (κ3) is 3.06. The van der Waals surface area contributed by atoms with Crippen LogP contribution >= 0.6 is 9.24 Å². The predicted octanol–water partition coefficient (Wildman–Crippen LogP) is 5.14. The summed E-state index contributed by atoms with van der Waals surface area (Å²) < 4.78 is 0. The normalized spacial score (nSPS) is 10.6. The van der Waals surface area contributed by atoms with Crippen LogP contribution in [0.3, 0.4) is 0 Å². The Morgan fingerprint density at radius 3 is 1.86 bits per heavy atom. The van der Waals surface area contributed by atoms with E-state index in [0.29, 0.717) is 0 Å². The van der Waals surface area contributed by atoms with Crippen molar-refractivity contribution in [3.63, 3.8) is 0 Å². The summed E-state index contributed by atoms with van der Waals surface area (Å²) in [6.07, 6.45) is 0. The van der Waals surface area contributed by atoms with E-state index in [4.69, 9.17) is 0 Å². The summed E-state index contributed by atoms with van der Waals surface area (Å²) in [5.41, 5.74) is 7.72. The lowest BCUT2D eigenvalue weighted by Gasteiger charge is -2.10. The molecule has 0 saturated heterocycles. The second-order valence-corrected chi connectivity index (χ2v) is 6.18. The first-order valence-corrected chi connectivity index (χ1v) is 7.75. The van der Waals surface area contributed by atoms with Crippen LogP contribution in [-0.4, -0.2) is 0 Å². The van der Waals surface area contributed by atoms with Gasteiger partial charge >= 0.3 is 0 Å². The Labute approximate surface area is 129 Å². The van der Waals surface area contributed by atoms with E-state index >= 15 is 0 Å². The predicted molar refractivity (Wildman–Crippen MR) is 96.1 cm³/mol. The Morgan fingerprint density at radius 2 is 1.19 bits per heavy atom. The van der Waals surface area contributed by atoms with Gasteiger partial charge in [0.1, 0.15) is 0 Å². The van der Waals surface area contributed by atoms with Gasteiger partial charge in [0.05, 0.1) is 0 Å². The monoisotopic (exact) mass is 290 g/mol. The van der Waals surface area contributed by atoms with Crippen LogP contribution in [0.5, 0.6) is 0 Å². The van der Waals surface area contributed by atoms with Crippen molar-refractivity contribution in [2.24, 2.45) is 0 Å². The fraction of sp³-hybridized carbons (Fsp3) is 0.100. The average molecular weight is 290 g/mol. The van der Waals surface area contributed by atoms with Crippen LogP contribution in [0.2, 0.25) is 0 Å². The van der Waals surface area contributed by atoms with Crippen LogP contribution in [-0.2, 0) is 0 Å². The summed E-state index contributed by atoms with van der Waals surface area (Å²) in [7, 11) is 2.73. The third-order valence-corrected chi connectivity index (χ3v) is 4.23. The Balaban J connectivity index is 2.07. The Kier molecular flexibility index (Phi) is 3.90. The van der Waals surface area contributed by atoms with Crippen LogP contribution in [0.15, 0.2) is 66.7 Å². The minimum absolute atomic E-state index is 1.21. The number of rotatable bonds is 2. The zero-order valence-corrected chi connectivity index (χ0v) is 13.6. The van der Waals surface area contributed by atoms with Crippen LogP contribution in [0.4, 0.5) is 0 Å². The molecule has 0 aromatic heterocycles. The van der Waals surface area contributed by atoms with Crippen molar-refractivity contribution in [3.05, 3.63) is 77.9 Å². The van der Waals surface area contributed by atoms with Crippen molar-refractivity contribution < 1.29 is 0 Å². The van der Waals surface area contributed by atoms with Crippen molar-refractivity contribution in [3.8, 4) is 22.3 Å². The van der Waals surface area contributed by atoms with E-state index < -0.39 is 0 Å². The second-order valence-electron chi connectivity index (χ2n) is 5.52. The SMILES string of the molecule is Cc1ccc(-c2cc(-c3ccc(P)cc3)ccc2C)cc1. The highest BCUT2D eigenvalue weighted by molar-refractivity contribution is 7.27. The molecular weight excluding hydrogens is 271 g/mol. The molecule has 0 N–H and O–H groups in total. The maximum Gasteiger partial charge on any atom is -0.0149 e. The van der Waals surface area contributed by atoms with Crippen molar-refractivity contribution >= 4 is 14.5 Å². The molecule has 0 spiro atoms.